The number of hydrogen-bond donors (Lipinski definition) is 1. The lowest BCUT2D eigenvalue weighted by Gasteiger charge is -2.29. The topological polar surface area (TPSA) is 32.3 Å². The van der Waals surface area contributed by atoms with E-state index in [2.05, 4.69) is 19.2 Å². The van der Waals surface area contributed by atoms with E-state index in [4.69, 9.17) is 0 Å². The van der Waals surface area contributed by atoms with Gasteiger partial charge in [-0.2, -0.15) is 0 Å². The largest absolute Gasteiger partial charge is 0.341 e. The fourth-order valence-corrected chi connectivity index (χ4v) is 1.82. The fourth-order valence-electron chi connectivity index (χ4n) is 1.82. The maximum absolute atomic E-state index is 12.1. The quantitative estimate of drug-likeness (QED) is 0.687. The number of likely N-dealkylation sites (N-methyl/N-ethyl adjacent to an activating group) is 1. The fraction of sp³-hybridized carbons (Fsp3) is 0.909. The molecule has 3 heteroatoms. The molecule has 0 aromatic carbocycles. The third-order valence-corrected chi connectivity index (χ3v) is 2.84. The minimum absolute atomic E-state index is 0.0272. The van der Waals surface area contributed by atoms with Crippen molar-refractivity contribution < 1.29 is 4.79 Å². The van der Waals surface area contributed by atoms with E-state index in [-0.39, 0.29) is 16.9 Å². The summed E-state index contributed by atoms with van der Waals surface area (Å²) in [5.41, 5.74) is -0.247. The van der Waals surface area contributed by atoms with Crippen LogP contribution in [-0.2, 0) is 4.79 Å². The van der Waals surface area contributed by atoms with E-state index in [9.17, 15) is 4.79 Å². The number of rotatable bonds is 1. The molecule has 1 aliphatic heterocycles. The molecule has 0 spiro atoms. The average molecular weight is 198 g/mol. The summed E-state index contributed by atoms with van der Waals surface area (Å²) in [5, 5.41) is 3.44. The van der Waals surface area contributed by atoms with Crippen molar-refractivity contribution >= 4 is 5.91 Å². The highest BCUT2D eigenvalue weighted by Crippen LogP contribution is 2.23. The molecule has 14 heavy (non-hydrogen) atoms. The molecule has 0 unspecified atom stereocenters. The van der Waals surface area contributed by atoms with Crippen LogP contribution >= 0.6 is 0 Å². The highest BCUT2D eigenvalue weighted by Gasteiger charge is 2.38. The Balaban J connectivity index is 2.90. The van der Waals surface area contributed by atoms with Gasteiger partial charge in [-0.05, 0) is 34.6 Å². The van der Waals surface area contributed by atoms with E-state index in [1.165, 1.54) is 0 Å². The van der Waals surface area contributed by atoms with Crippen LogP contribution in [0.15, 0.2) is 0 Å². The zero-order valence-corrected chi connectivity index (χ0v) is 9.98. The first kappa shape index (κ1) is 11.5. The van der Waals surface area contributed by atoms with Crippen LogP contribution in [-0.4, -0.2) is 36.0 Å². The van der Waals surface area contributed by atoms with Crippen molar-refractivity contribution in [2.45, 2.75) is 40.2 Å². The number of hydrogen-bond acceptors (Lipinski definition) is 2. The number of nitrogens with zero attached hydrogens (tertiary/aromatic N) is 1. The lowest BCUT2D eigenvalue weighted by Crippen LogP contribution is -2.47. The van der Waals surface area contributed by atoms with Gasteiger partial charge in [-0.15, -0.1) is 0 Å². The maximum atomic E-state index is 12.1. The monoisotopic (exact) mass is 198 g/mol. The molecule has 3 nitrogen and oxygen atoms in total. The molecule has 0 atom stereocenters. The molecule has 0 aromatic rings. The van der Waals surface area contributed by atoms with Gasteiger partial charge in [0.25, 0.3) is 0 Å². The Kier molecular flexibility index (Phi) is 2.91. The van der Waals surface area contributed by atoms with Crippen molar-refractivity contribution in [1.29, 1.82) is 0 Å². The predicted octanol–water partition coefficient (Wildman–Crippen LogP) is 1.24. The second kappa shape index (κ2) is 3.54. The molecule has 1 heterocycles. The predicted molar refractivity (Wildman–Crippen MR) is 58.1 cm³/mol. The zero-order valence-electron chi connectivity index (χ0n) is 9.98. The Morgan fingerprint density at radius 1 is 1.36 bits per heavy atom. The van der Waals surface area contributed by atoms with Gasteiger partial charge in [0.05, 0.1) is 5.41 Å². The summed E-state index contributed by atoms with van der Waals surface area (Å²) in [4.78, 5) is 14.0. The molecule has 1 fully saturated rings. The lowest BCUT2D eigenvalue weighted by molar-refractivity contribution is -0.139. The molecular weight excluding hydrogens is 176 g/mol. The van der Waals surface area contributed by atoms with Gasteiger partial charge in [-0.1, -0.05) is 0 Å². The summed E-state index contributed by atoms with van der Waals surface area (Å²) in [7, 11) is 0. The Bertz CT molecular complexity index is 233. The van der Waals surface area contributed by atoms with Gasteiger partial charge in [-0.3, -0.25) is 4.79 Å². The summed E-state index contributed by atoms with van der Waals surface area (Å²) in [6, 6.07) is 0. The van der Waals surface area contributed by atoms with E-state index >= 15 is 0 Å². The number of carbonyl (C=O) groups excluding carboxylic acids is 1. The molecule has 1 rings (SSSR count). The van der Waals surface area contributed by atoms with Crippen LogP contribution in [0.1, 0.15) is 34.6 Å². The first-order valence-corrected chi connectivity index (χ1v) is 5.33. The summed E-state index contributed by atoms with van der Waals surface area (Å²) in [6.07, 6.45) is 0. The molecule has 1 N–H and O–H groups in total. The van der Waals surface area contributed by atoms with Crippen molar-refractivity contribution in [3.05, 3.63) is 0 Å². The lowest BCUT2D eigenvalue weighted by atomic mass is 9.92. The molecule has 1 amide bonds. The molecule has 1 saturated heterocycles. The normalized spacial score (nSPS) is 26.1. The van der Waals surface area contributed by atoms with Crippen molar-refractivity contribution in [2.24, 2.45) is 5.41 Å². The Morgan fingerprint density at radius 3 is 2.43 bits per heavy atom. The van der Waals surface area contributed by atoms with Crippen LogP contribution in [0.3, 0.4) is 0 Å². The Hall–Kier alpha value is -0.570. The first-order valence-electron chi connectivity index (χ1n) is 5.33. The second-order valence-electron chi connectivity index (χ2n) is 5.44. The standard InChI is InChI=1S/C11H22N2O/c1-6-13-8-11(4,5)12-7-10(2,3)9(13)14/h12H,6-8H2,1-5H3. The Morgan fingerprint density at radius 2 is 1.93 bits per heavy atom. The molecular formula is C11H22N2O. The zero-order chi connectivity index (χ0) is 11.0. The number of nitrogens with one attached hydrogen (secondary N) is 1. The second-order valence-corrected chi connectivity index (χ2v) is 5.44. The van der Waals surface area contributed by atoms with Gasteiger partial charge >= 0.3 is 0 Å². The van der Waals surface area contributed by atoms with Crippen LogP contribution in [0.5, 0.6) is 0 Å². The van der Waals surface area contributed by atoms with E-state index < -0.39 is 0 Å². The van der Waals surface area contributed by atoms with E-state index in [1.54, 1.807) is 0 Å². The van der Waals surface area contributed by atoms with E-state index in [1.807, 2.05) is 25.7 Å². The molecule has 82 valence electrons. The maximum Gasteiger partial charge on any atom is 0.229 e. The van der Waals surface area contributed by atoms with Gasteiger partial charge < -0.3 is 10.2 Å². The smallest absolute Gasteiger partial charge is 0.229 e. The van der Waals surface area contributed by atoms with Crippen molar-refractivity contribution in [3.8, 4) is 0 Å². The number of carbonyl (C=O) groups is 1. The van der Waals surface area contributed by atoms with Gasteiger partial charge in [0.1, 0.15) is 0 Å². The van der Waals surface area contributed by atoms with Crippen molar-refractivity contribution in [1.82, 2.24) is 10.2 Å². The summed E-state index contributed by atoms with van der Waals surface area (Å²) < 4.78 is 0. The van der Waals surface area contributed by atoms with Gasteiger partial charge in [-0.25, -0.2) is 0 Å². The van der Waals surface area contributed by atoms with E-state index in [0.29, 0.717) is 0 Å². The SMILES string of the molecule is CCN1CC(C)(C)NCC(C)(C)C1=O. The van der Waals surface area contributed by atoms with Crippen molar-refractivity contribution in [2.75, 3.05) is 19.6 Å². The molecule has 0 aliphatic carbocycles. The minimum atomic E-state index is -0.274. The van der Waals surface area contributed by atoms with Crippen LogP contribution in [0.2, 0.25) is 0 Å². The van der Waals surface area contributed by atoms with Gasteiger partial charge in [0.2, 0.25) is 5.91 Å². The summed E-state index contributed by atoms with van der Waals surface area (Å²) in [6.45, 7) is 12.7. The van der Waals surface area contributed by atoms with Gasteiger partial charge in [0, 0.05) is 25.2 Å². The minimum Gasteiger partial charge on any atom is -0.341 e. The van der Waals surface area contributed by atoms with Crippen LogP contribution in [0, 0.1) is 5.41 Å². The molecule has 1 aliphatic rings. The van der Waals surface area contributed by atoms with Crippen LogP contribution < -0.4 is 5.32 Å². The first-order chi connectivity index (χ1) is 6.28. The average Bonchev–Trinajstić information content (AvgIpc) is 2.16. The molecule has 0 bridgehead atoms. The molecule has 0 aromatic heterocycles. The van der Waals surface area contributed by atoms with E-state index in [0.717, 1.165) is 19.6 Å². The van der Waals surface area contributed by atoms with Gasteiger partial charge in [0.15, 0.2) is 0 Å². The summed E-state index contributed by atoms with van der Waals surface area (Å²) in [5.74, 6) is 0.262. The third kappa shape index (κ3) is 2.27. The van der Waals surface area contributed by atoms with Crippen molar-refractivity contribution in [3.63, 3.8) is 0 Å². The third-order valence-electron chi connectivity index (χ3n) is 2.84. The highest BCUT2D eigenvalue weighted by atomic mass is 16.2. The number of amides is 1. The molecule has 0 saturated carbocycles. The van der Waals surface area contributed by atoms with Crippen LogP contribution in [0.4, 0.5) is 0 Å². The summed E-state index contributed by atoms with van der Waals surface area (Å²) >= 11 is 0. The van der Waals surface area contributed by atoms with Crippen LogP contribution in [0.25, 0.3) is 0 Å². The Labute approximate surface area is 86.9 Å². The molecule has 0 radical (unpaired) electrons. The highest BCUT2D eigenvalue weighted by molar-refractivity contribution is 5.82.